The van der Waals surface area contributed by atoms with Crippen molar-refractivity contribution in [2.24, 2.45) is 17.3 Å². The van der Waals surface area contributed by atoms with Gasteiger partial charge in [0.1, 0.15) is 15.7 Å². The zero-order valence-electron chi connectivity index (χ0n) is 42.2. The minimum atomic E-state index is -3.53. The average molecular weight is 1030 g/mol. The molecule has 20 heteroatoms. The van der Waals surface area contributed by atoms with Gasteiger partial charge in [-0.25, -0.2) is 17.6 Å². The third-order valence-electron chi connectivity index (χ3n) is 12.6. The Kier molecular flexibility index (Phi) is 16.3. The smallest absolute Gasteiger partial charge is 0.337 e. The first-order chi connectivity index (χ1) is 34.7. The number of hydrogen-bond donors (Lipinski definition) is 3. The second-order valence-corrected chi connectivity index (χ2v) is 21.5. The van der Waals surface area contributed by atoms with Crippen LogP contribution in [0.25, 0.3) is 0 Å². The molecule has 2 aliphatic heterocycles. The highest BCUT2D eigenvalue weighted by molar-refractivity contribution is 7.90. The highest BCUT2D eigenvalue weighted by Gasteiger charge is 2.41. The number of anilines is 2. The number of carbonyl (C=O) groups is 6. The summed E-state index contributed by atoms with van der Waals surface area (Å²) in [6, 6.07) is 16.5. The summed E-state index contributed by atoms with van der Waals surface area (Å²) in [7, 11) is -0.508. The Labute approximate surface area is 424 Å². The van der Waals surface area contributed by atoms with Gasteiger partial charge in [0.15, 0.2) is 23.0 Å². The molecule has 18 nitrogen and oxygen atoms in total. The van der Waals surface area contributed by atoms with Crippen LogP contribution in [0, 0.1) is 23.1 Å². The molecule has 2 unspecified atom stereocenters. The van der Waals surface area contributed by atoms with Gasteiger partial charge in [-0.2, -0.15) is 5.48 Å². The van der Waals surface area contributed by atoms with E-state index in [4.69, 9.17) is 23.8 Å². The molecular weight excluding hydrogens is 966 g/mol. The Morgan fingerprint density at radius 2 is 1.23 bits per heavy atom. The first-order valence-electron chi connectivity index (χ1n) is 24.1. The summed E-state index contributed by atoms with van der Waals surface area (Å²) in [5, 5.41) is 5.65. The zero-order valence-corrected chi connectivity index (χ0v) is 43.0. The van der Waals surface area contributed by atoms with E-state index in [0.29, 0.717) is 58.6 Å². The highest BCUT2D eigenvalue weighted by Crippen LogP contribution is 2.42. The molecule has 0 radical (unpaired) electrons. The molecule has 2 heterocycles. The van der Waals surface area contributed by atoms with Crippen LogP contribution in [0.15, 0.2) is 66.7 Å². The standard InChI is InChI=1S/C29H35N3O7.C24H27FN2O6S/c1-6-38-23-14-18(12-13-22(23)37-5)21(15-24(33)31-39-28(36)29(2,3)4)32-16-19-8-7-9-20(25(19)27(32)35)30-26(34)17-10-11-17;1-4-33-21-11-15(7-10-20(21)32-2)19(13-34(3,30)31)27-12-16-17(25)8-9-18(22(16)24(27)29)26-23(28)14-5-6-14/h7-9,12-14,17,21H,6,10-11,15-16H2,1-5H3,(H,30,34)(H,31,33);7-11,14,19H,4-6,12-13H2,1-3H3,(H,26,28). The third-order valence-corrected chi connectivity index (χ3v) is 13.6. The molecule has 2 saturated carbocycles. The molecule has 2 fully saturated rings. The van der Waals surface area contributed by atoms with Gasteiger partial charge in [-0.3, -0.25) is 24.0 Å². The Hall–Kier alpha value is -7.22. The topological polar surface area (TPSA) is 225 Å². The first kappa shape index (κ1) is 53.6. The van der Waals surface area contributed by atoms with Gasteiger partial charge in [-0.05, 0) is 119 Å². The van der Waals surface area contributed by atoms with E-state index in [2.05, 4.69) is 16.1 Å². The number of halogens is 1. The van der Waals surface area contributed by atoms with Crippen LogP contribution in [0.2, 0.25) is 0 Å². The molecule has 4 aromatic carbocycles. The molecule has 2 aliphatic carbocycles. The Morgan fingerprint density at radius 1 is 0.712 bits per heavy atom. The minimum absolute atomic E-state index is 0.0167. The monoisotopic (exact) mass is 1030 g/mol. The van der Waals surface area contributed by atoms with Crippen molar-refractivity contribution in [1.82, 2.24) is 15.3 Å². The number of fused-ring (bicyclic) bond motifs is 2. The van der Waals surface area contributed by atoms with Gasteiger partial charge in [0.05, 0.1) is 86.2 Å². The maximum absolute atomic E-state index is 14.7. The van der Waals surface area contributed by atoms with E-state index in [9.17, 15) is 41.6 Å². The van der Waals surface area contributed by atoms with Crippen LogP contribution in [0.5, 0.6) is 23.0 Å². The van der Waals surface area contributed by atoms with E-state index in [-0.39, 0.29) is 71.6 Å². The normalized spacial score (nSPS) is 15.7. The van der Waals surface area contributed by atoms with Crippen LogP contribution >= 0.6 is 0 Å². The molecule has 390 valence electrons. The molecular formula is C53H62FN5O13S. The van der Waals surface area contributed by atoms with E-state index in [1.807, 2.05) is 13.0 Å². The van der Waals surface area contributed by atoms with Crippen molar-refractivity contribution in [3.05, 3.63) is 106 Å². The van der Waals surface area contributed by atoms with Crippen LogP contribution in [-0.2, 0) is 46.9 Å². The zero-order chi connectivity index (χ0) is 52.9. The Bertz CT molecular complexity index is 2910. The summed E-state index contributed by atoms with van der Waals surface area (Å²) in [5.74, 6) is -1.50. The molecule has 0 aromatic heterocycles. The number of methoxy groups -OCH3 is 2. The summed E-state index contributed by atoms with van der Waals surface area (Å²) in [6.45, 7) is 9.55. The summed E-state index contributed by atoms with van der Waals surface area (Å²) in [5.41, 5.74) is 4.64. The maximum atomic E-state index is 14.7. The van der Waals surface area contributed by atoms with E-state index < -0.39 is 50.9 Å². The Morgan fingerprint density at radius 3 is 1.74 bits per heavy atom. The van der Waals surface area contributed by atoms with E-state index in [0.717, 1.165) is 37.5 Å². The second-order valence-electron chi connectivity index (χ2n) is 19.4. The lowest BCUT2D eigenvalue weighted by molar-refractivity contribution is -0.166. The number of hydrogen-bond acceptors (Lipinski definition) is 13. The second kappa shape index (κ2) is 22.3. The number of ether oxygens (including phenoxy) is 4. The van der Waals surface area contributed by atoms with Crippen molar-refractivity contribution in [3.63, 3.8) is 0 Å². The summed E-state index contributed by atoms with van der Waals surface area (Å²) < 4.78 is 61.5. The van der Waals surface area contributed by atoms with Gasteiger partial charge < -0.3 is 44.2 Å². The van der Waals surface area contributed by atoms with Crippen LogP contribution in [-0.4, -0.2) is 93.2 Å². The predicted octanol–water partition coefficient (Wildman–Crippen LogP) is 7.47. The van der Waals surface area contributed by atoms with Gasteiger partial charge in [0, 0.05) is 30.2 Å². The number of nitrogens with one attached hydrogen (secondary N) is 3. The number of benzene rings is 4. The van der Waals surface area contributed by atoms with Crippen molar-refractivity contribution in [3.8, 4) is 23.0 Å². The summed E-state index contributed by atoms with van der Waals surface area (Å²) in [4.78, 5) is 85.2. The summed E-state index contributed by atoms with van der Waals surface area (Å²) in [6.07, 6.45) is 4.16. The van der Waals surface area contributed by atoms with E-state index in [1.54, 1.807) is 81.1 Å². The van der Waals surface area contributed by atoms with Gasteiger partial charge in [-0.1, -0.05) is 24.3 Å². The number of carbonyl (C=O) groups excluding carboxylic acids is 6. The van der Waals surface area contributed by atoms with Crippen molar-refractivity contribution in [2.75, 3.05) is 50.1 Å². The lowest BCUT2D eigenvalue weighted by Crippen LogP contribution is -2.37. The predicted molar refractivity (Wildman–Crippen MR) is 267 cm³/mol. The molecule has 2 atom stereocenters. The highest BCUT2D eigenvalue weighted by atomic mass is 32.2. The molecule has 0 saturated heterocycles. The van der Waals surface area contributed by atoms with E-state index >= 15 is 0 Å². The third kappa shape index (κ3) is 12.7. The van der Waals surface area contributed by atoms with Gasteiger partial charge >= 0.3 is 5.97 Å². The fourth-order valence-electron chi connectivity index (χ4n) is 8.54. The molecule has 0 bridgehead atoms. The molecule has 73 heavy (non-hydrogen) atoms. The van der Waals surface area contributed by atoms with Gasteiger partial charge in [-0.15, -0.1) is 0 Å². The number of amides is 5. The average Bonchev–Trinajstić information content (AvgIpc) is 4.29. The summed E-state index contributed by atoms with van der Waals surface area (Å²) >= 11 is 0. The fourth-order valence-corrected chi connectivity index (χ4v) is 9.48. The van der Waals surface area contributed by atoms with Crippen LogP contribution < -0.4 is 35.1 Å². The van der Waals surface area contributed by atoms with Crippen LogP contribution in [0.1, 0.15) is 122 Å². The number of hydroxylamine groups is 1. The molecule has 0 spiro atoms. The molecule has 4 aliphatic rings. The minimum Gasteiger partial charge on any atom is -0.493 e. The molecule has 4 aromatic rings. The van der Waals surface area contributed by atoms with Crippen LogP contribution in [0.4, 0.5) is 15.8 Å². The molecule has 3 N–H and O–H groups in total. The SMILES string of the molecule is CCOc1cc(C(CC(=O)NOC(=O)C(C)(C)C)N2Cc3cccc(NC(=O)C4CC4)c3C2=O)ccc1OC.CCOc1cc(C(CS(C)(=O)=O)N2Cc3c(F)ccc(NC(=O)C4CC4)c3C2=O)ccc1OC. The van der Waals surface area contributed by atoms with Crippen molar-refractivity contribution < 1.29 is 65.4 Å². The van der Waals surface area contributed by atoms with Gasteiger partial charge in [0.25, 0.3) is 17.7 Å². The number of nitrogens with zero attached hydrogens (tertiary/aromatic N) is 2. The first-order valence-corrected chi connectivity index (χ1v) is 26.2. The number of sulfone groups is 1. The van der Waals surface area contributed by atoms with Crippen molar-refractivity contribution in [1.29, 1.82) is 0 Å². The van der Waals surface area contributed by atoms with Crippen molar-refractivity contribution >= 4 is 56.7 Å². The number of rotatable bonds is 18. The Balaban J connectivity index is 0.000000216. The van der Waals surface area contributed by atoms with Crippen LogP contribution in [0.3, 0.4) is 0 Å². The lowest BCUT2D eigenvalue weighted by atomic mass is 9.98. The van der Waals surface area contributed by atoms with Gasteiger partial charge in [0.2, 0.25) is 11.8 Å². The van der Waals surface area contributed by atoms with Crippen molar-refractivity contribution in [2.45, 2.75) is 91.9 Å². The molecule has 8 rings (SSSR count). The maximum Gasteiger partial charge on any atom is 0.337 e. The quantitative estimate of drug-likeness (QED) is 0.0824. The van der Waals surface area contributed by atoms with E-state index in [1.165, 1.54) is 31.3 Å². The largest absolute Gasteiger partial charge is 0.493 e. The molecule has 5 amide bonds. The fraction of sp³-hybridized carbons (Fsp3) is 0.434. The lowest BCUT2D eigenvalue weighted by Gasteiger charge is -2.28.